The van der Waals surface area contributed by atoms with Gasteiger partial charge in [-0.2, -0.15) is 4.98 Å². The summed E-state index contributed by atoms with van der Waals surface area (Å²) in [5, 5.41) is 7.16. The number of hydrogen-bond donors (Lipinski definition) is 1. The zero-order valence-electron chi connectivity index (χ0n) is 13.4. The third-order valence-corrected chi connectivity index (χ3v) is 3.50. The molecule has 0 spiro atoms. The highest BCUT2D eigenvalue weighted by Gasteiger charge is 2.12. The smallest absolute Gasteiger partial charge is 0.258 e. The van der Waals surface area contributed by atoms with Crippen molar-refractivity contribution in [3.8, 4) is 23.0 Å². The van der Waals surface area contributed by atoms with E-state index >= 15 is 0 Å². The normalized spacial score (nSPS) is 10.6. The van der Waals surface area contributed by atoms with Crippen LogP contribution in [0.1, 0.15) is 5.56 Å². The molecule has 4 aromatic rings. The van der Waals surface area contributed by atoms with Crippen LogP contribution in [-0.4, -0.2) is 25.1 Å². The highest BCUT2D eigenvalue weighted by atomic mass is 16.5. The van der Waals surface area contributed by atoms with Crippen LogP contribution in [0.3, 0.4) is 0 Å². The van der Waals surface area contributed by atoms with E-state index in [1.807, 2.05) is 43.3 Å². The number of benzene rings is 1. The molecule has 122 valence electrons. The lowest BCUT2D eigenvalue weighted by molar-refractivity contribution is 0.432. The summed E-state index contributed by atoms with van der Waals surface area (Å²) in [7, 11) is 0. The van der Waals surface area contributed by atoms with Gasteiger partial charge in [0.15, 0.2) is 0 Å². The van der Waals surface area contributed by atoms with Crippen LogP contribution in [0.5, 0.6) is 0 Å². The summed E-state index contributed by atoms with van der Waals surface area (Å²) in [6.45, 7) is 1.99. The van der Waals surface area contributed by atoms with Crippen LogP contribution >= 0.6 is 0 Å². The Hall–Kier alpha value is -3.61. The topological polar surface area (TPSA) is 89.6 Å². The molecule has 7 nitrogen and oxygen atoms in total. The van der Waals surface area contributed by atoms with E-state index in [1.165, 1.54) is 0 Å². The maximum atomic E-state index is 5.39. The van der Waals surface area contributed by atoms with Crippen molar-refractivity contribution in [3.05, 3.63) is 66.6 Å². The Balaban J connectivity index is 1.61. The first-order valence-electron chi connectivity index (χ1n) is 7.69. The predicted octanol–water partition coefficient (Wildman–Crippen LogP) is 3.64. The first kappa shape index (κ1) is 14.9. The zero-order chi connectivity index (χ0) is 17.1. The van der Waals surface area contributed by atoms with Crippen LogP contribution < -0.4 is 5.32 Å². The first-order valence-corrected chi connectivity index (χ1v) is 7.69. The molecule has 1 N–H and O–H groups in total. The van der Waals surface area contributed by atoms with Gasteiger partial charge in [0.2, 0.25) is 11.8 Å². The van der Waals surface area contributed by atoms with Crippen molar-refractivity contribution in [1.82, 2.24) is 25.1 Å². The quantitative estimate of drug-likeness (QED) is 0.611. The maximum Gasteiger partial charge on any atom is 0.258 e. The molecule has 0 saturated heterocycles. The first-order chi connectivity index (χ1) is 12.3. The largest absolute Gasteiger partial charge is 0.334 e. The molecule has 4 rings (SSSR count). The third kappa shape index (κ3) is 3.35. The van der Waals surface area contributed by atoms with E-state index in [1.54, 1.807) is 24.7 Å². The second-order valence-corrected chi connectivity index (χ2v) is 5.42. The molecule has 3 aromatic heterocycles. The fraction of sp³-hybridized carbons (Fsp3) is 0.0556. The number of nitrogens with zero attached hydrogens (tertiary/aromatic N) is 5. The number of hydrogen-bond acceptors (Lipinski definition) is 7. The summed E-state index contributed by atoms with van der Waals surface area (Å²) >= 11 is 0. The third-order valence-electron chi connectivity index (χ3n) is 3.50. The maximum absolute atomic E-state index is 5.39. The minimum absolute atomic E-state index is 0.427. The fourth-order valence-electron chi connectivity index (χ4n) is 2.33. The lowest BCUT2D eigenvalue weighted by Crippen LogP contribution is -1.95. The van der Waals surface area contributed by atoms with E-state index < -0.39 is 0 Å². The molecular weight excluding hydrogens is 316 g/mol. The van der Waals surface area contributed by atoms with Crippen LogP contribution in [-0.2, 0) is 0 Å². The van der Waals surface area contributed by atoms with Crippen molar-refractivity contribution < 1.29 is 4.52 Å². The summed E-state index contributed by atoms with van der Waals surface area (Å²) in [6, 6.07) is 13.2. The van der Waals surface area contributed by atoms with Crippen molar-refractivity contribution in [3.63, 3.8) is 0 Å². The summed E-state index contributed by atoms with van der Waals surface area (Å²) in [6.07, 6.45) is 5.09. The molecule has 25 heavy (non-hydrogen) atoms. The number of rotatable bonds is 4. The van der Waals surface area contributed by atoms with Crippen LogP contribution in [0, 0.1) is 6.92 Å². The molecule has 0 saturated carbocycles. The molecule has 7 heteroatoms. The summed E-state index contributed by atoms with van der Waals surface area (Å²) in [4.78, 5) is 17.0. The molecule has 0 aliphatic carbocycles. The standard InChI is InChI=1S/C18H14N6O/c1-12-6-9-19-15(10-12)16-23-17(25-24-16)13-4-2-5-14(11-13)22-18-20-7-3-8-21-18/h2-11H,1H3,(H,20,21,22). The van der Waals surface area contributed by atoms with Gasteiger partial charge in [0, 0.05) is 29.8 Å². The molecule has 3 heterocycles. The molecule has 0 bridgehead atoms. The van der Waals surface area contributed by atoms with Crippen molar-refractivity contribution in [2.75, 3.05) is 5.32 Å². The van der Waals surface area contributed by atoms with Gasteiger partial charge in [-0.15, -0.1) is 0 Å². The molecule has 0 radical (unpaired) electrons. The predicted molar refractivity (Wildman–Crippen MR) is 93.0 cm³/mol. The van der Waals surface area contributed by atoms with Crippen LogP contribution in [0.25, 0.3) is 23.0 Å². The molecule has 0 atom stereocenters. The Morgan fingerprint density at radius 1 is 0.920 bits per heavy atom. The summed E-state index contributed by atoms with van der Waals surface area (Å²) in [5.41, 5.74) is 3.40. The minimum atomic E-state index is 0.427. The van der Waals surface area contributed by atoms with E-state index in [0.29, 0.717) is 23.4 Å². The van der Waals surface area contributed by atoms with Gasteiger partial charge in [0.05, 0.1) is 0 Å². The van der Waals surface area contributed by atoms with Gasteiger partial charge in [-0.1, -0.05) is 11.2 Å². The second kappa shape index (κ2) is 6.48. The van der Waals surface area contributed by atoms with E-state index in [4.69, 9.17) is 4.52 Å². The van der Waals surface area contributed by atoms with Gasteiger partial charge in [0.25, 0.3) is 5.89 Å². The molecule has 0 aliphatic rings. The highest BCUT2D eigenvalue weighted by molar-refractivity contribution is 5.65. The van der Waals surface area contributed by atoms with Crippen LogP contribution in [0.2, 0.25) is 0 Å². The average Bonchev–Trinajstić information content (AvgIpc) is 3.13. The average molecular weight is 330 g/mol. The minimum Gasteiger partial charge on any atom is -0.334 e. The van der Waals surface area contributed by atoms with Gasteiger partial charge < -0.3 is 9.84 Å². The molecule has 0 fully saturated rings. The monoisotopic (exact) mass is 330 g/mol. The number of anilines is 2. The molecule has 0 amide bonds. The Kier molecular flexibility index (Phi) is 3.88. The van der Waals surface area contributed by atoms with Gasteiger partial charge in [-0.3, -0.25) is 4.98 Å². The van der Waals surface area contributed by atoms with Gasteiger partial charge in [-0.05, 0) is 48.9 Å². The number of pyridine rings is 1. The zero-order valence-corrected chi connectivity index (χ0v) is 13.4. The Morgan fingerprint density at radius 3 is 2.64 bits per heavy atom. The second-order valence-electron chi connectivity index (χ2n) is 5.42. The fourth-order valence-corrected chi connectivity index (χ4v) is 2.33. The van der Waals surface area contributed by atoms with Crippen molar-refractivity contribution >= 4 is 11.6 Å². The lowest BCUT2D eigenvalue weighted by atomic mass is 10.2. The summed E-state index contributed by atoms with van der Waals surface area (Å²) < 4.78 is 5.39. The van der Waals surface area contributed by atoms with E-state index in [9.17, 15) is 0 Å². The van der Waals surface area contributed by atoms with Gasteiger partial charge in [-0.25, -0.2) is 9.97 Å². The Bertz CT molecular complexity index is 999. The van der Waals surface area contributed by atoms with Crippen LogP contribution in [0.15, 0.2) is 65.6 Å². The molecule has 0 aliphatic heterocycles. The molecule has 1 aromatic carbocycles. The SMILES string of the molecule is Cc1ccnc(-c2noc(-c3cccc(Nc4ncccn4)c3)n2)c1. The van der Waals surface area contributed by atoms with Crippen molar-refractivity contribution in [2.24, 2.45) is 0 Å². The summed E-state index contributed by atoms with van der Waals surface area (Å²) in [5.74, 6) is 1.41. The van der Waals surface area contributed by atoms with E-state index in [-0.39, 0.29) is 0 Å². The number of aromatic nitrogens is 5. The van der Waals surface area contributed by atoms with Gasteiger partial charge >= 0.3 is 0 Å². The Labute approximate surface area is 143 Å². The van der Waals surface area contributed by atoms with E-state index in [2.05, 4.69) is 30.4 Å². The van der Waals surface area contributed by atoms with Gasteiger partial charge in [0.1, 0.15) is 5.69 Å². The highest BCUT2D eigenvalue weighted by Crippen LogP contribution is 2.24. The number of nitrogens with one attached hydrogen (secondary N) is 1. The van der Waals surface area contributed by atoms with Crippen LogP contribution in [0.4, 0.5) is 11.6 Å². The van der Waals surface area contributed by atoms with Crippen molar-refractivity contribution in [1.29, 1.82) is 0 Å². The molecular formula is C18H14N6O. The molecule has 0 unspecified atom stereocenters. The number of aryl methyl sites for hydroxylation is 1. The van der Waals surface area contributed by atoms with E-state index in [0.717, 1.165) is 16.8 Å². The lowest BCUT2D eigenvalue weighted by Gasteiger charge is -2.04. The Morgan fingerprint density at radius 2 is 1.80 bits per heavy atom. The van der Waals surface area contributed by atoms with Crippen molar-refractivity contribution in [2.45, 2.75) is 6.92 Å².